The molecule has 0 spiro atoms. The number of hydrogen-bond acceptors (Lipinski definition) is 4. The number of benzene rings is 8. The highest BCUT2D eigenvalue weighted by Crippen LogP contribution is 2.41. The van der Waals surface area contributed by atoms with Crippen molar-refractivity contribution in [1.82, 2.24) is 15.0 Å². The van der Waals surface area contributed by atoms with Crippen LogP contribution in [-0.2, 0) is 0 Å². The molecule has 10 rings (SSSR count). The summed E-state index contributed by atoms with van der Waals surface area (Å²) in [5, 5.41) is 9.78. The average molecular weight is 642 g/mol. The van der Waals surface area contributed by atoms with Gasteiger partial charge in [0.15, 0.2) is 17.5 Å². The summed E-state index contributed by atoms with van der Waals surface area (Å²) in [5.41, 5.74) is 5.25. The smallest absolute Gasteiger partial charge is 0.164 e. The molecule has 0 aliphatic heterocycles. The summed E-state index contributed by atoms with van der Waals surface area (Å²) in [7, 11) is 0. The third-order valence-electron chi connectivity index (χ3n) is 9.49. The molecule has 49 heavy (non-hydrogen) atoms. The minimum Gasteiger partial charge on any atom is -0.208 e. The molecule has 0 saturated carbocycles. The molecule has 0 amide bonds. The van der Waals surface area contributed by atoms with Gasteiger partial charge in [0.05, 0.1) is 0 Å². The van der Waals surface area contributed by atoms with Crippen LogP contribution in [0.3, 0.4) is 0 Å². The van der Waals surface area contributed by atoms with Crippen LogP contribution in [0.1, 0.15) is 0 Å². The summed E-state index contributed by atoms with van der Waals surface area (Å²) >= 11 is 1.87. The van der Waals surface area contributed by atoms with E-state index in [-0.39, 0.29) is 0 Å². The van der Waals surface area contributed by atoms with Crippen LogP contribution < -0.4 is 0 Å². The predicted molar refractivity (Wildman–Crippen MR) is 207 cm³/mol. The summed E-state index contributed by atoms with van der Waals surface area (Å²) in [5.74, 6) is 1.97. The van der Waals surface area contributed by atoms with E-state index in [1.54, 1.807) is 0 Å². The first-order valence-electron chi connectivity index (χ1n) is 16.4. The van der Waals surface area contributed by atoms with Crippen molar-refractivity contribution in [3.63, 3.8) is 0 Å². The number of fused-ring (bicyclic) bond motifs is 7. The summed E-state index contributed by atoms with van der Waals surface area (Å²) < 4.78 is 2.65. The van der Waals surface area contributed by atoms with Gasteiger partial charge in [0.1, 0.15) is 0 Å². The van der Waals surface area contributed by atoms with Crippen LogP contribution in [0.25, 0.3) is 97.8 Å². The molecule has 2 aromatic heterocycles. The van der Waals surface area contributed by atoms with Crippen LogP contribution in [0.15, 0.2) is 164 Å². The fourth-order valence-electron chi connectivity index (χ4n) is 7.00. The van der Waals surface area contributed by atoms with Crippen LogP contribution >= 0.6 is 11.3 Å². The van der Waals surface area contributed by atoms with E-state index in [9.17, 15) is 0 Å². The lowest BCUT2D eigenvalue weighted by Crippen LogP contribution is -2.00. The van der Waals surface area contributed by atoms with E-state index in [4.69, 9.17) is 15.0 Å². The Balaban J connectivity index is 1.14. The monoisotopic (exact) mass is 641 g/mol. The molecule has 0 radical (unpaired) electrons. The van der Waals surface area contributed by atoms with Gasteiger partial charge in [0.25, 0.3) is 0 Å². The lowest BCUT2D eigenvalue weighted by atomic mass is 9.96. The van der Waals surface area contributed by atoms with Gasteiger partial charge < -0.3 is 0 Å². The van der Waals surface area contributed by atoms with E-state index < -0.39 is 0 Å². The minimum absolute atomic E-state index is 0.657. The van der Waals surface area contributed by atoms with Crippen LogP contribution in [0.2, 0.25) is 0 Å². The van der Waals surface area contributed by atoms with Crippen molar-refractivity contribution in [1.29, 1.82) is 0 Å². The van der Waals surface area contributed by atoms with Gasteiger partial charge in [-0.15, -0.1) is 11.3 Å². The first kappa shape index (κ1) is 27.8. The molecule has 0 bridgehead atoms. The zero-order valence-electron chi connectivity index (χ0n) is 26.3. The van der Waals surface area contributed by atoms with E-state index in [0.717, 1.165) is 38.4 Å². The van der Waals surface area contributed by atoms with Crippen LogP contribution in [0, 0.1) is 0 Å². The normalized spacial score (nSPS) is 11.7. The van der Waals surface area contributed by atoms with Gasteiger partial charge >= 0.3 is 0 Å². The molecule has 4 heteroatoms. The zero-order valence-corrected chi connectivity index (χ0v) is 27.2. The van der Waals surface area contributed by atoms with Crippen molar-refractivity contribution in [3.8, 4) is 45.3 Å². The van der Waals surface area contributed by atoms with Gasteiger partial charge in [-0.25, -0.2) is 15.0 Å². The Labute approximate surface area is 286 Å². The SMILES string of the molecule is c1ccc(-c2nc(-c3ccc4ccccc4c3)nc(-c3cccc4ccc(-c5ccc6sc7c8ccccc8ccc7c6c5)cc34)n2)cc1. The second-order valence-electron chi connectivity index (χ2n) is 12.5. The van der Waals surface area contributed by atoms with Crippen LogP contribution in [0.4, 0.5) is 0 Å². The third kappa shape index (κ3) is 4.76. The maximum absolute atomic E-state index is 5.13. The molecule has 10 aromatic rings. The van der Waals surface area contributed by atoms with E-state index in [2.05, 4.69) is 146 Å². The average Bonchev–Trinajstić information content (AvgIpc) is 3.56. The van der Waals surface area contributed by atoms with Gasteiger partial charge in [-0.1, -0.05) is 140 Å². The van der Waals surface area contributed by atoms with Gasteiger partial charge in [-0.05, 0) is 67.7 Å². The summed E-state index contributed by atoms with van der Waals surface area (Å²) in [6.07, 6.45) is 0. The van der Waals surface area contributed by atoms with Crippen molar-refractivity contribution in [2.24, 2.45) is 0 Å². The highest BCUT2D eigenvalue weighted by atomic mass is 32.1. The maximum Gasteiger partial charge on any atom is 0.164 e. The van der Waals surface area contributed by atoms with E-state index in [1.165, 1.54) is 41.9 Å². The molecule has 228 valence electrons. The molecule has 0 unspecified atom stereocenters. The third-order valence-corrected chi connectivity index (χ3v) is 10.7. The summed E-state index contributed by atoms with van der Waals surface area (Å²) in [6.45, 7) is 0. The number of thiophene rings is 1. The maximum atomic E-state index is 5.13. The molecular weight excluding hydrogens is 615 g/mol. The van der Waals surface area contributed by atoms with Gasteiger partial charge in [0.2, 0.25) is 0 Å². The van der Waals surface area contributed by atoms with Gasteiger partial charge in [-0.2, -0.15) is 0 Å². The first-order valence-corrected chi connectivity index (χ1v) is 17.3. The molecule has 0 N–H and O–H groups in total. The molecule has 0 saturated heterocycles. The number of hydrogen-bond donors (Lipinski definition) is 0. The molecule has 0 aliphatic carbocycles. The van der Waals surface area contributed by atoms with Crippen LogP contribution in [-0.4, -0.2) is 15.0 Å². The second-order valence-corrected chi connectivity index (χ2v) is 13.5. The second kappa shape index (κ2) is 11.2. The summed E-state index contributed by atoms with van der Waals surface area (Å²) in [6, 6.07) is 58.1. The topological polar surface area (TPSA) is 38.7 Å². The van der Waals surface area contributed by atoms with E-state index in [1.807, 2.05) is 29.5 Å². The van der Waals surface area contributed by atoms with Crippen molar-refractivity contribution < 1.29 is 0 Å². The molecule has 0 aliphatic rings. The highest BCUT2D eigenvalue weighted by molar-refractivity contribution is 7.26. The number of rotatable bonds is 4. The number of nitrogens with zero attached hydrogens (tertiary/aromatic N) is 3. The minimum atomic E-state index is 0.657. The Kier molecular flexibility index (Phi) is 6.36. The molecule has 0 fully saturated rings. The lowest BCUT2D eigenvalue weighted by Gasteiger charge is -2.12. The van der Waals surface area contributed by atoms with Crippen molar-refractivity contribution in [2.75, 3.05) is 0 Å². The Morgan fingerprint density at radius 2 is 0.939 bits per heavy atom. The lowest BCUT2D eigenvalue weighted by molar-refractivity contribution is 1.08. The van der Waals surface area contributed by atoms with Crippen molar-refractivity contribution >= 4 is 63.8 Å². The Hall–Kier alpha value is -6.23. The molecular formula is C45H27N3S. The molecule has 3 nitrogen and oxygen atoms in total. The summed E-state index contributed by atoms with van der Waals surface area (Å²) in [4.78, 5) is 15.2. The van der Waals surface area contributed by atoms with E-state index >= 15 is 0 Å². The van der Waals surface area contributed by atoms with Crippen molar-refractivity contribution in [3.05, 3.63) is 164 Å². The predicted octanol–water partition coefficient (Wildman–Crippen LogP) is 12.4. The number of aromatic nitrogens is 3. The fourth-order valence-corrected chi connectivity index (χ4v) is 8.22. The van der Waals surface area contributed by atoms with Gasteiger partial charge in [0, 0.05) is 36.9 Å². The first-order chi connectivity index (χ1) is 24.2. The Morgan fingerprint density at radius 3 is 1.82 bits per heavy atom. The quantitative estimate of drug-likeness (QED) is 0.192. The van der Waals surface area contributed by atoms with E-state index in [0.29, 0.717) is 17.5 Å². The molecule has 2 heterocycles. The van der Waals surface area contributed by atoms with Crippen LogP contribution in [0.5, 0.6) is 0 Å². The highest BCUT2D eigenvalue weighted by Gasteiger charge is 2.16. The zero-order chi connectivity index (χ0) is 32.3. The molecule has 0 atom stereocenters. The van der Waals surface area contributed by atoms with Gasteiger partial charge in [-0.3, -0.25) is 0 Å². The largest absolute Gasteiger partial charge is 0.208 e. The van der Waals surface area contributed by atoms with Crippen molar-refractivity contribution in [2.45, 2.75) is 0 Å². The Bertz CT molecular complexity index is 2890. The fraction of sp³-hybridized carbons (Fsp3) is 0. The Morgan fingerprint density at radius 1 is 0.327 bits per heavy atom. The molecule has 8 aromatic carbocycles. The standard InChI is InChI=1S/C45H27N3S/c1-2-11-31(12-3-1)43-46-44(35-20-17-28-9-4-5-13-32(28)25-35)48-45(47-43)38-16-8-14-30-18-19-33(26-39(30)38)34-22-24-41-40(27-34)37-23-21-29-10-6-7-15-36(29)42(37)49-41/h1-27H.